The Kier molecular flexibility index (Phi) is 5.85. The molecule has 5 nitrogen and oxygen atoms in total. The lowest BCUT2D eigenvalue weighted by molar-refractivity contribution is -0.164. The Hall–Kier alpha value is -1.69. The molecule has 28 heavy (non-hydrogen) atoms. The van der Waals surface area contributed by atoms with E-state index in [1.165, 1.54) is 11.1 Å². The maximum absolute atomic E-state index is 6.82. The molecule has 2 saturated heterocycles. The third kappa shape index (κ3) is 4.32. The fourth-order valence-corrected chi connectivity index (χ4v) is 4.99. The van der Waals surface area contributed by atoms with E-state index in [2.05, 4.69) is 65.7 Å². The number of nitrogens with one attached hydrogen (secondary N) is 1. The maximum atomic E-state index is 6.82. The minimum atomic E-state index is 0.00603. The summed E-state index contributed by atoms with van der Waals surface area (Å²) in [6.07, 6.45) is 6.77. The zero-order chi connectivity index (χ0) is 19.6. The smallest absolute Gasteiger partial charge is 0.0847 e. The summed E-state index contributed by atoms with van der Waals surface area (Å²) in [5.41, 5.74) is 3.81. The molecule has 1 spiro atoms. The van der Waals surface area contributed by atoms with E-state index in [4.69, 9.17) is 4.74 Å². The third-order valence-corrected chi connectivity index (χ3v) is 6.45. The average molecular weight is 383 g/mol. The number of ether oxygens (including phenoxy) is 1. The van der Waals surface area contributed by atoms with Gasteiger partial charge in [-0.15, -0.1) is 0 Å². The first-order chi connectivity index (χ1) is 13.6. The van der Waals surface area contributed by atoms with Gasteiger partial charge in [-0.3, -0.25) is 9.58 Å². The van der Waals surface area contributed by atoms with Gasteiger partial charge >= 0.3 is 0 Å². The predicted molar refractivity (Wildman–Crippen MR) is 112 cm³/mol. The van der Waals surface area contributed by atoms with Gasteiger partial charge in [-0.05, 0) is 44.7 Å². The monoisotopic (exact) mass is 382 g/mol. The summed E-state index contributed by atoms with van der Waals surface area (Å²) in [6.45, 7) is 8.52. The van der Waals surface area contributed by atoms with E-state index in [0.717, 1.165) is 57.6 Å². The number of nitrogens with zero attached hydrogens (tertiary/aromatic N) is 3. The van der Waals surface area contributed by atoms with Gasteiger partial charge in [-0.25, -0.2) is 0 Å². The Labute approximate surface area is 169 Å². The zero-order valence-corrected chi connectivity index (χ0v) is 17.5. The standard InChI is InChI=1S/C23H34N4O/c1-4-24-21-14-22(19-8-6-5-7-9-19)28-23(15-21)10-12-27(13-11-23)17-20-16-26(3)25-18(20)2/h5-9,16,21-22,24H,4,10-15,17H2,1-3H3/t21-,22-/m0/s1. The molecule has 2 atom stereocenters. The SMILES string of the molecule is CCN[C@H]1C[C@@H](c2ccccc2)OC2(CCN(Cc3cn(C)nc3C)CC2)C1. The molecule has 1 aromatic carbocycles. The highest BCUT2D eigenvalue weighted by molar-refractivity contribution is 5.19. The number of hydrogen-bond donors (Lipinski definition) is 1. The van der Waals surface area contributed by atoms with E-state index in [1.54, 1.807) is 0 Å². The Morgan fingerprint density at radius 1 is 1.21 bits per heavy atom. The van der Waals surface area contributed by atoms with Crippen LogP contribution < -0.4 is 5.32 Å². The highest BCUT2D eigenvalue weighted by atomic mass is 16.5. The predicted octanol–water partition coefficient (Wildman–Crippen LogP) is 3.59. The summed E-state index contributed by atoms with van der Waals surface area (Å²) in [7, 11) is 2.00. The molecule has 0 unspecified atom stereocenters. The second-order valence-electron chi connectivity index (χ2n) is 8.58. The van der Waals surface area contributed by atoms with Crippen molar-refractivity contribution in [2.24, 2.45) is 7.05 Å². The largest absolute Gasteiger partial charge is 0.367 e. The quantitative estimate of drug-likeness (QED) is 0.858. The number of rotatable bonds is 5. The molecule has 1 N–H and O–H groups in total. The summed E-state index contributed by atoms with van der Waals surface area (Å²) < 4.78 is 8.74. The van der Waals surface area contributed by atoms with E-state index in [1.807, 2.05) is 11.7 Å². The van der Waals surface area contributed by atoms with Crippen molar-refractivity contribution in [1.29, 1.82) is 0 Å². The Morgan fingerprint density at radius 3 is 2.61 bits per heavy atom. The molecule has 0 aliphatic carbocycles. The molecule has 2 aliphatic heterocycles. The molecule has 3 heterocycles. The van der Waals surface area contributed by atoms with Crippen molar-refractivity contribution in [3.8, 4) is 0 Å². The molecule has 2 aromatic rings. The normalized spacial score (nSPS) is 25.2. The molecular weight excluding hydrogens is 348 g/mol. The summed E-state index contributed by atoms with van der Waals surface area (Å²) in [5.74, 6) is 0. The number of benzene rings is 1. The van der Waals surface area contributed by atoms with Gasteiger partial charge in [0.25, 0.3) is 0 Å². The van der Waals surface area contributed by atoms with Crippen LogP contribution in [0.2, 0.25) is 0 Å². The molecule has 2 aliphatic rings. The Balaban J connectivity index is 1.44. The highest BCUT2D eigenvalue weighted by Gasteiger charge is 2.43. The lowest BCUT2D eigenvalue weighted by Gasteiger charge is -2.49. The molecule has 4 rings (SSSR count). The van der Waals surface area contributed by atoms with Crippen molar-refractivity contribution in [2.75, 3.05) is 19.6 Å². The first-order valence-electron chi connectivity index (χ1n) is 10.7. The van der Waals surface area contributed by atoms with Crippen LogP contribution in [-0.2, 0) is 18.3 Å². The Morgan fingerprint density at radius 2 is 1.96 bits per heavy atom. The van der Waals surface area contributed by atoms with E-state index >= 15 is 0 Å². The topological polar surface area (TPSA) is 42.3 Å². The lowest BCUT2D eigenvalue weighted by atomic mass is 9.79. The minimum absolute atomic E-state index is 0.00603. The molecule has 0 saturated carbocycles. The number of aromatic nitrogens is 2. The summed E-state index contributed by atoms with van der Waals surface area (Å²) in [5, 5.41) is 8.20. The molecular formula is C23H34N4O. The van der Waals surface area contributed by atoms with Gasteiger partial charge in [0.15, 0.2) is 0 Å². The van der Waals surface area contributed by atoms with E-state index < -0.39 is 0 Å². The average Bonchev–Trinajstić information content (AvgIpc) is 3.01. The Bertz CT molecular complexity index is 764. The van der Waals surface area contributed by atoms with Gasteiger partial charge in [-0.1, -0.05) is 37.3 Å². The van der Waals surface area contributed by atoms with E-state index in [0.29, 0.717) is 6.04 Å². The van der Waals surface area contributed by atoms with Crippen molar-refractivity contribution in [3.05, 3.63) is 53.3 Å². The fourth-order valence-electron chi connectivity index (χ4n) is 4.99. The molecule has 2 fully saturated rings. The molecule has 0 radical (unpaired) electrons. The maximum Gasteiger partial charge on any atom is 0.0847 e. The first-order valence-corrected chi connectivity index (χ1v) is 10.7. The van der Waals surface area contributed by atoms with Crippen LogP contribution in [0.4, 0.5) is 0 Å². The summed E-state index contributed by atoms with van der Waals surface area (Å²) >= 11 is 0. The van der Waals surface area contributed by atoms with Gasteiger partial charge in [0.2, 0.25) is 0 Å². The summed E-state index contributed by atoms with van der Waals surface area (Å²) in [6, 6.07) is 11.3. The zero-order valence-electron chi connectivity index (χ0n) is 17.5. The van der Waals surface area contributed by atoms with E-state index in [-0.39, 0.29) is 11.7 Å². The van der Waals surface area contributed by atoms with Crippen LogP contribution in [0, 0.1) is 6.92 Å². The number of hydrogen-bond acceptors (Lipinski definition) is 4. The highest BCUT2D eigenvalue weighted by Crippen LogP contribution is 2.43. The van der Waals surface area contributed by atoms with Gasteiger partial charge in [-0.2, -0.15) is 5.10 Å². The van der Waals surface area contributed by atoms with Crippen LogP contribution >= 0.6 is 0 Å². The number of aryl methyl sites for hydroxylation is 2. The van der Waals surface area contributed by atoms with Crippen molar-refractivity contribution in [3.63, 3.8) is 0 Å². The van der Waals surface area contributed by atoms with Crippen LogP contribution in [-0.4, -0.2) is 46.0 Å². The molecule has 0 bridgehead atoms. The minimum Gasteiger partial charge on any atom is -0.367 e. The third-order valence-electron chi connectivity index (χ3n) is 6.45. The number of piperidine rings is 1. The molecule has 0 amide bonds. The first kappa shape index (κ1) is 19.6. The summed E-state index contributed by atoms with van der Waals surface area (Å²) in [4.78, 5) is 2.56. The fraction of sp³-hybridized carbons (Fsp3) is 0.609. The van der Waals surface area contributed by atoms with Crippen LogP contribution in [0.15, 0.2) is 36.5 Å². The van der Waals surface area contributed by atoms with Crippen molar-refractivity contribution < 1.29 is 4.74 Å². The van der Waals surface area contributed by atoms with Crippen molar-refractivity contribution in [1.82, 2.24) is 20.0 Å². The lowest BCUT2D eigenvalue weighted by Crippen LogP contribution is -2.53. The van der Waals surface area contributed by atoms with Crippen molar-refractivity contribution >= 4 is 0 Å². The molecule has 1 aromatic heterocycles. The van der Waals surface area contributed by atoms with Crippen LogP contribution in [0.5, 0.6) is 0 Å². The second kappa shape index (κ2) is 8.36. The molecule has 5 heteroatoms. The second-order valence-corrected chi connectivity index (χ2v) is 8.58. The number of likely N-dealkylation sites (tertiary alicyclic amines) is 1. The van der Waals surface area contributed by atoms with Gasteiger partial charge in [0.1, 0.15) is 0 Å². The molecule has 152 valence electrons. The van der Waals surface area contributed by atoms with Crippen LogP contribution in [0.25, 0.3) is 0 Å². The van der Waals surface area contributed by atoms with Crippen molar-refractivity contribution in [2.45, 2.75) is 63.8 Å². The van der Waals surface area contributed by atoms with Crippen LogP contribution in [0.1, 0.15) is 55.5 Å². The van der Waals surface area contributed by atoms with Gasteiger partial charge < -0.3 is 10.1 Å². The van der Waals surface area contributed by atoms with Gasteiger partial charge in [0, 0.05) is 44.5 Å². The van der Waals surface area contributed by atoms with E-state index in [9.17, 15) is 0 Å². The van der Waals surface area contributed by atoms with Crippen LogP contribution in [0.3, 0.4) is 0 Å². The van der Waals surface area contributed by atoms with Gasteiger partial charge in [0.05, 0.1) is 17.4 Å².